The fourth-order valence-electron chi connectivity index (χ4n) is 4.35. The van der Waals surface area contributed by atoms with Crippen molar-refractivity contribution in [2.45, 2.75) is 61.9 Å². The van der Waals surface area contributed by atoms with Gasteiger partial charge in [0.1, 0.15) is 29.9 Å². The minimum atomic E-state index is -4.67. The quantitative estimate of drug-likeness (QED) is 0.0716. The van der Waals surface area contributed by atoms with Crippen LogP contribution in [-0.2, 0) is 49.6 Å². The van der Waals surface area contributed by atoms with Gasteiger partial charge in [-0.3, -0.25) is 52.0 Å². The van der Waals surface area contributed by atoms with Gasteiger partial charge in [-0.15, -0.1) is 0 Å². The molecule has 6 atom stereocenters. The molecule has 0 bridgehead atoms. The van der Waals surface area contributed by atoms with E-state index in [-0.39, 0.29) is 25.3 Å². The number of hydrogen-bond donors (Lipinski definition) is 18. The number of nitrogens with one attached hydrogen (secondary N) is 8. The van der Waals surface area contributed by atoms with E-state index in [4.69, 9.17) is 63.7 Å². The minimum absolute atomic E-state index is 0.0120. The Hall–Kier alpha value is -5.32. The molecule has 30 nitrogen and oxygen atoms in total. The normalized spacial score (nSPS) is 23.7. The van der Waals surface area contributed by atoms with Crippen molar-refractivity contribution in [3.05, 3.63) is 11.9 Å². The van der Waals surface area contributed by atoms with Crippen molar-refractivity contribution < 1.29 is 73.7 Å². The van der Waals surface area contributed by atoms with Gasteiger partial charge in [-0.2, -0.15) is 16.8 Å². The van der Waals surface area contributed by atoms with Gasteiger partial charge in [-0.05, 0) is 25.8 Å². The fourth-order valence-corrected chi connectivity index (χ4v) is 4.35. The van der Waals surface area contributed by atoms with Gasteiger partial charge in [0.15, 0.2) is 5.96 Å². The summed E-state index contributed by atoms with van der Waals surface area (Å²) in [6, 6.07) is -8.54. The van der Waals surface area contributed by atoms with Crippen LogP contribution in [0, 0.1) is 0 Å². The number of urea groups is 1. The first-order chi connectivity index (χ1) is 26.2. The van der Waals surface area contributed by atoms with E-state index in [1.165, 1.54) is 0 Å². The number of rotatable bonds is 10. The molecule has 0 radical (unpaired) electrons. The Bertz CT molecular complexity index is 1670. The van der Waals surface area contributed by atoms with Crippen molar-refractivity contribution in [3.8, 4) is 0 Å². The molecule has 0 aromatic rings. The third-order valence-corrected chi connectivity index (χ3v) is 6.90. The third kappa shape index (κ3) is 24.7. The number of aliphatic hydroxyl groups excluding tert-OH is 1. The maximum atomic E-state index is 13.5. The van der Waals surface area contributed by atoms with E-state index in [1.807, 2.05) is 5.32 Å². The Morgan fingerprint density at radius 2 is 1.49 bits per heavy atom. The molecule has 8 amide bonds. The highest BCUT2D eigenvalue weighted by Crippen LogP contribution is 2.07. The van der Waals surface area contributed by atoms with Gasteiger partial charge in [0.25, 0.3) is 5.91 Å². The molecule has 1 saturated heterocycles. The zero-order valence-corrected chi connectivity index (χ0v) is 31.4. The number of aliphatic hydroxyl groups is 1. The highest BCUT2D eigenvalue weighted by atomic mass is 32.3. The van der Waals surface area contributed by atoms with Crippen molar-refractivity contribution >= 4 is 68.2 Å². The number of amides is 8. The van der Waals surface area contributed by atoms with Gasteiger partial charge in [0.05, 0.1) is 12.6 Å². The lowest BCUT2D eigenvalue weighted by molar-refractivity contribution is -0.134. The largest absolute Gasteiger partial charge is 0.394 e. The van der Waals surface area contributed by atoms with Gasteiger partial charge in [0.2, 0.25) is 29.5 Å². The van der Waals surface area contributed by atoms with E-state index in [0.717, 1.165) is 6.20 Å². The predicted octanol–water partition coefficient (Wildman–Crippen LogP) is -9.54. The molecule has 23 N–H and O–H groups in total. The summed E-state index contributed by atoms with van der Waals surface area (Å²) < 4.78 is 63.2. The lowest BCUT2D eigenvalue weighted by Gasteiger charge is -2.31. The number of carbonyl (C=O) groups is 7. The Labute approximate surface area is 324 Å². The first-order valence-electron chi connectivity index (χ1n) is 16.1. The van der Waals surface area contributed by atoms with Crippen LogP contribution in [0.2, 0.25) is 0 Å². The van der Waals surface area contributed by atoms with Crippen LogP contribution in [0.15, 0.2) is 16.9 Å². The summed E-state index contributed by atoms with van der Waals surface area (Å²) in [6.07, 6.45) is 1.86. The van der Waals surface area contributed by atoms with Crippen molar-refractivity contribution in [1.29, 1.82) is 0 Å². The summed E-state index contributed by atoms with van der Waals surface area (Å²) >= 11 is 0. The second kappa shape index (κ2) is 25.0. The van der Waals surface area contributed by atoms with Crippen LogP contribution < -0.4 is 71.2 Å². The molecule has 2 heterocycles. The number of carbonyl (C=O) groups excluding carboxylic acids is 7. The van der Waals surface area contributed by atoms with Crippen molar-refractivity contribution in [3.63, 3.8) is 0 Å². The van der Waals surface area contributed by atoms with E-state index < -0.39 is 124 Å². The van der Waals surface area contributed by atoms with E-state index in [2.05, 4.69) is 42.2 Å². The molecule has 32 heteroatoms. The minimum Gasteiger partial charge on any atom is -0.394 e. The third-order valence-electron chi connectivity index (χ3n) is 6.90. The maximum absolute atomic E-state index is 13.5. The highest BCUT2D eigenvalue weighted by Gasteiger charge is 2.35. The molecule has 6 unspecified atom stereocenters. The number of aliphatic imine (C=N–C) groups is 1. The zero-order chi connectivity index (χ0) is 44.1. The van der Waals surface area contributed by atoms with E-state index in [1.54, 1.807) is 0 Å². The molecule has 57 heavy (non-hydrogen) atoms. The summed E-state index contributed by atoms with van der Waals surface area (Å²) in [7, 11) is -9.33. The molecule has 2 rings (SSSR count). The molecule has 1 fully saturated rings. The lowest BCUT2D eigenvalue weighted by atomic mass is 10.0. The van der Waals surface area contributed by atoms with Crippen LogP contribution in [0.4, 0.5) is 4.79 Å². The van der Waals surface area contributed by atoms with E-state index in [9.17, 15) is 38.7 Å². The molecule has 0 spiro atoms. The first kappa shape index (κ1) is 51.7. The smallest absolute Gasteiger partial charge is 0.394 e. The Morgan fingerprint density at radius 1 is 0.912 bits per heavy atom. The molecule has 0 aromatic carbocycles. The lowest BCUT2D eigenvalue weighted by Crippen LogP contribution is -2.64. The van der Waals surface area contributed by atoms with Crippen LogP contribution in [0.3, 0.4) is 0 Å². The van der Waals surface area contributed by atoms with Crippen molar-refractivity contribution in [2.75, 3.05) is 32.8 Å². The zero-order valence-electron chi connectivity index (χ0n) is 29.8. The van der Waals surface area contributed by atoms with Gasteiger partial charge in [-0.25, -0.2) is 4.79 Å². The van der Waals surface area contributed by atoms with Gasteiger partial charge < -0.3 is 76.3 Å². The standard InChI is InChI=1S/C25H44N14O8.2H2O4S/c26-4-1-2-11(27)6-17(41)32-8-14-20(43)35-15(9-34-25(30)47)21(44)39-18(13-3-5-31-24(29)38-13)23(46)33-7-12(28)19(42)37-16(10-40)22(45)36-14;2*1-5(2,3)4/h9,11-14,16,18,40H,1-8,10,26-28H2,(H,32,41)(H,33,46)(H,35,43)(H,36,45)(H,37,42)(H,39,44)(H3,29,31,38)(H3,30,34,47);2*(H2,1,2,3,4)/b15-9-;;. The molecule has 0 saturated carbocycles. The summed E-state index contributed by atoms with van der Waals surface area (Å²) in [4.78, 5) is 93.9. The predicted molar refractivity (Wildman–Crippen MR) is 193 cm³/mol. The van der Waals surface area contributed by atoms with Gasteiger partial charge in [-0.1, -0.05) is 0 Å². The summed E-state index contributed by atoms with van der Waals surface area (Å²) in [5.74, 6) is -5.62. The average molecular weight is 865 g/mol. The Morgan fingerprint density at radius 3 is 2.02 bits per heavy atom. The number of guanidine groups is 1. The summed E-state index contributed by atoms with van der Waals surface area (Å²) in [6.45, 7) is -1.36. The number of nitrogens with two attached hydrogens (primary N) is 5. The molecular weight excluding hydrogens is 816 g/mol. The second-order valence-electron chi connectivity index (χ2n) is 11.6. The monoisotopic (exact) mass is 864 g/mol. The molecule has 0 aliphatic carbocycles. The van der Waals surface area contributed by atoms with Crippen molar-refractivity contribution in [2.24, 2.45) is 33.7 Å². The SMILES string of the molecule is NCCCC(N)CC(=O)NCC1NC(=O)C(CO)NC(=O)C(N)CNC(=O)C(C2CCN=C(N)N2)NC(=O)/C(=C/NC(N)=O)NC1=O.O=S(=O)(O)O.O=S(=O)(O)O. The van der Waals surface area contributed by atoms with Crippen LogP contribution in [-0.4, -0.2) is 157 Å². The fraction of sp³-hybridized carbons (Fsp3) is 0.600. The van der Waals surface area contributed by atoms with Gasteiger partial charge in [0, 0.05) is 38.3 Å². The number of hydrogen-bond acceptors (Lipinski definition) is 18. The van der Waals surface area contributed by atoms with Gasteiger partial charge >= 0.3 is 26.8 Å². The summed E-state index contributed by atoms with van der Waals surface area (Å²) in [5.41, 5.74) is 27.6. The Balaban J connectivity index is 0.00000277. The van der Waals surface area contributed by atoms with Crippen LogP contribution in [0.1, 0.15) is 25.7 Å². The second-order valence-corrected chi connectivity index (χ2v) is 13.4. The summed E-state index contributed by atoms with van der Waals surface area (Å²) in [5, 5.41) is 28.7. The molecule has 2 aliphatic heterocycles. The van der Waals surface area contributed by atoms with E-state index in [0.29, 0.717) is 19.4 Å². The number of primary amides is 1. The molecular formula is C25H48N14O16S2. The molecule has 2 aliphatic rings. The topological polar surface area (TPSA) is 528 Å². The van der Waals surface area contributed by atoms with Crippen LogP contribution >= 0.6 is 0 Å². The van der Waals surface area contributed by atoms with Crippen LogP contribution in [0.5, 0.6) is 0 Å². The highest BCUT2D eigenvalue weighted by molar-refractivity contribution is 7.80. The number of nitrogens with zero attached hydrogens (tertiary/aromatic N) is 1. The average Bonchev–Trinajstić information content (AvgIpc) is 3.08. The first-order valence-corrected chi connectivity index (χ1v) is 18.9. The maximum Gasteiger partial charge on any atom is 0.394 e. The van der Waals surface area contributed by atoms with Crippen molar-refractivity contribution in [1.82, 2.24) is 42.5 Å². The van der Waals surface area contributed by atoms with Crippen LogP contribution in [0.25, 0.3) is 0 Å². The molecule has 0 aromatic heterocycles. The molecule has 326 valence electrons. The Kier molecular flexibility index (Phi) is 22.7. The van der Waals surface area contributed by atoms with E-state index >= 15 is 0 Å².